The third-order valence-corrected chi connectivity index (χ3v) is 8.40. The number of aromatic hydroxyl groups is 1. The average Bonchev–Trinajstić information content (AvgIpc) is 3.10. The third-order valence-electron chi connectivity index (χ3n) is 6.27. The van der Waals surface area contributed by atoms with Gasteiger partial charge in [-0.15, -0.1) is 0 Å². The molecule has 3 nitrogen and oxygen atoms in total. The normalized spacial score (nSPS) is 11.5. The summed E-state index contributed by atoms with van der Waals surface area (Å²) in [5, 5.41) is 14.8. The van der Waals surface area contributed by atoms with Gasteiger partial charge >= 0.3 is 186 Å². The van der Waals surface area contributed by atoms with Gasteiger partial charge in [0.25, 0.3) is 0 Å². The van der Waals surface area contributed by atoms with E-state index in [0.717, 1.165) is 24.9 Å². The fourth-order valence-corrected chi connectivity index (χ4v) is 6.32. The molecule has 0 saturated carbocycles. The van der Waals surface area contributed by atoms with Gasteiger partial charge in [-0.05, 0) is 0 Å². The molecule has 4 rings (SSSR count). The van der Waals surface area contributed by atoms with Gasteiger partial charge in [-0.2, -0.15) is 0 Å². The summed E-state index contributed by atoms with van der Waals surface area (Å²) in [6, 6.07) is 26.2. The number of phenolic OH excluding ortho intramolecular Hbond substituents is 1. The number of fused-ring (bicyclic) bond motifs is 1. The second kappa shape index (κ2) is 11.7. The van der Waals surface area contributed by atoms with E-state index >= 15 is 0 Å². The number of hydrogen-bond acceptors (Lipinski definition) is 2. The number of aryl methyl sites for hydroxylation is 2. The van der Waals surface area contributed by atoms with Gasteiger partial charge in [0.05, 0.1) is 0 Å². The second-order valence-electron chi connectivity index (χ2n) is 9.29. The van der Waals surface area contributed by atoms with E-state index in [2.05, 4.69) is 91.3 Å². The summed E-state index contributed by atoms with van der Waals surface area (Å²) in [7, 11) is 0. The van der Waals surface area contributed by atoms with E-state index in [0.29, 0.717) is 26.7 Å². The maximum atomic E-state index is 10.1. The van der Waals surface area contributed by atoms with Gasteiger partial charge in [-0.1, -0.05) is 13.8 Å². The van der Waals surface area contributed by atoms with Gasteiger partial charge in [0.15, 0.2) is 0 Å². The molecule has 0 unspecified atom stereocenters. The van der Waals surface area contributed by atoms with Crippen LogP contribution in [0.15, 0.2) is 72.8 Å². The zero-order valence-electron chi connectivity index (χ0n) is 20.6. The molecule has 0 bridgehead atoms. The SMILES string of the molecule is Cc1c(-c2ccc([Se]c3ccccc3)cc2)n(CCCCCCNC(C)C)c2ccc(O)cc12. The van der Waals surface area contributed by atoms with Crippen molar-refractivity contribution in [3.05, 3.63) is 78.4 Å². The number of nitrogens with one attached hydrogen (secondary N) is 1. The molecule has 4 aromatic rings. The van der Waals surface area contributed by atoms with Crippen molar-refractivity contribution in [2.75, 3.05) is 6.54 Å². The van der Waals surface area contributed by atoms with Crippen LogP contribution in [0, 0.1) is 6.92 Å². The van der Waals surface area contributed by atoms with Gasteiger partial charge in [0, 0.05) is 6.04 Å². The molecular weight excluding hydrogens is 483 g/mol. The van der Waals surface area contributed by atoms with E-state index < -0.39 is 0 Å². The van der Waals surface area contributed by atoms with Crippen LogP contribution in [0.1, 0.15) is 45.1 Å². The molecule has 0 aliphatic heterocycles. The van der Waals surface area contributed by atoms with Crippen molar-refractivity contribution in [3.63, 3.8) is 0 Å². The number of hydrogen-bond donors (Lipinski definition) is 2. The predicted molar refractivity (Wildman–Crippen MR) is 147 cm³/mol. The van der Waals surface area contributed by atoms with Crippen LogP contribution in [0.5, 0.6) is 5.75 Å². The van der Waals surface area contributed by atoms with E-state index in [1.54, 1.807) is 0 Å². The second-order valence-corrected chi connectivity index (χ2v) is 11.7. The fraction of sp³-hybridized carbons (Fsp3) is 0.333. The summed E-state index contributed by atoms with van der Waals surface area (Å²) in [6.07, 6.45) is 4.88. The van der Waals surface area contributed by atoms with E-state index in [1.165, 1.54) is 50.5 Å². The number of rotatable bonds is 11. The minimum atomic E-state index is 0.317. The third kappa shape index (κ3) is 6.13. The average molecular weight is 520 g/mol. The standard InChI is InChI=1S/C30H36N2OSe/c1-22(2)31-19-9-4-5-10-20-32-29-18-15-25(33)21-28(29)23(3)30(32)24-13-16-27(17-14-24)34-26-11-7-6-8-12-26/h6-8,11-18,21-22,31,33H,4-5,9-10,19-20H2,1-3H3. The van der Waals surface area contributed by atoms with Gasteiger partial charge in [0.1, 0.15) is 0 Å². The molecule has 0 radical (unpaired) electrons. The Morgan fingerprint density at radius 1 is 0.853 bits per heavy atom. The number of aromatic nitrogens is 1. The molecule has 3 aromatic carbocycles. The molecule has 178 valence electrons. The summed E-state index contributed by atoms with van der Waals surface area (Å²) in [5.74, 6) is 0.331. The molecule has 1 aromatic heterocycles. The van der Waals surface area contributed by atoms with Crippen molar-refractivity contribution in [2.45, 2.75) is 59.0 Å². The summed E-state index contributed by atoms with van der Waals surface area (Å²) in [4.78, 5) is 0. The number of unbranched alkanes of at least 4 members (excludes halogenated alkanes) is 3. The van der Waals surface area contributed by atoms with Crippen LogP contribution in [0.3, 0.4) is 0 Å². The molecule has 0 spiro atoms. The van der Waals surface area contributed by atoms with Crippen molar-refractivity contribution >= 4 is 34.8 Å². The van der Waals surface area contributed by atoms with E-state index in [-0.39, 0.29) is 0 Å². The van der Waals surface area contributed by atoms with Crippen molar-refractivity contribution in [1.82, 2.24) is 9.88 Å². The quantitative estimate of drug-likeness (QED) is 0.202. The van der Waals surface area contributed by atoms with E-state index in [1.807, 2.05) is 12.1 Å². The van der Waals surface area contributed by atoms with Crippen LogP contribution in [0.2, 0.25) is 0 Å². The molecule has 0 amide bonds. The van der Waals surface area contributed by atoms with Crippen LogP contribution in [-0.2, 0) is 6.54 Å². The van der Waals surface area contributed by atoms with Crippen LogP contribution >= 0.6 is 0 Å². The fourth-order valence-electron chi connectivity index (χ4n) is 4.56. The van der Waals surface area contributed by atoms with Gasteiger partial charge in [0.2, 0.25) is 0 Å². The molecule has 0 aliphatic carbocycles. The molecule has 4 heteroatoms. The van der Waals surface area contributed by atoms with Crippen molar-refractivity contribution in [1.29, 1.82) is 0 Å². The van der Waals surface area contributed by atoms with Crippen LogP contribution in [0.25, 0.3) is 22.2 Å². The molecule has 0 atom stereocenters. The van der Waals surface area contributed by atoms with Gasteiger partial charge < -0.3 is 5.32 Å². The van der Waals surface area contributed by atoms with Crippen LogP contribution in [-0.4, -0.2) is 37.2 Å². The molecule has 2 N–H and O–H groups in total. The molecule has 0 saturated heterocycles. The summed E-state index contributed by atoms with van der Waals surface area (Å²) < 4.78 is 5.25. The topological polar surface area (TPSA) is 37.2 Å². The summed E-state index contributed by atoms with van der Waals surface area (Å²) in [5.41, 5.74) is 4.99. The Morgan fingerprint density at radius 3 is 2.29 bits per heavy atom. The molecular formula is C30H36N2OSe. The monoisotopic (exact) mass is 520 g/mol. The van der Waals surface area contributed by atoms with Crippen molar-refractivity contribution in [2.24, 2.45) is 0 Å². The molecule has 34 heavy (non-hydrogen) atoms. The number of benzene rings is 3. The minimum absolute atomic E-state index is 0.317. The Kier molecular flexibility index (Phi) is 8.50. The predicted octanol–water partition coefficient (Wildman–Crippen LogP) is 5.54. The first-order valence-electron chi connectivity index (χ1n) is 12.4. The number of nitrogens with zero attached hydrogens (tertiary/aromatic N) is 1. The first kappa shape index (κ1) is 24.6. The van der Waals surface area contributed by atoms with Crippen molar-refractivity contribution < 1.29 is 5.11 Å². The Hall–Kier alpha value is -2.52. The number of phenols is 1. The maximum absolute atomic E-state index is 10.1. The summed E-state index contributed by atoms with van der Waals surface area (Å²) in [6.45, 7) is 8.69. The van der Waals surface area contributed by atoms with E-state index in [9.17, 15) is 5.11 Å². The van der Waals surface area contributed by atoms with E-state index in [4.69, 9.17) is 0 Å². The first-order chi connectivity index (χ1) is 16.5. The van der Waals surface area contributed by atoms with Crippen molar-refractivity contribution in [3.8, 4) is 17.0 Å². The Balaban J connectivity index is 1.53. The molecule has 0 fully saturated rings. The zero-order chi connectivity index (χ0) is 23.9. The van der Waals surface area contributed by atoms with Gasteiger partial charge in [-0.25, -0.2) is 0 Å². The summed E-state index contributed by atoms with van der Waals surface area (Å²) >= 11 is 0.317. The molecule has 0 aliphatic rings. The molecule has 1 heterocycles. The van der Waals surface area contributed by atoms with Crippen LogP contribution < -0.4 is 14.2 Å². The zero-order valence-corrected chi connectivity index (χ0v) is 22.3. The first-order valence-corrected chi connectivity index (χ1v) is 14.1. The van der Waals surface area contributed by atoms with Gasteiger partial charge in [-0.3, -0.25) is 0 Å². The Bertz CT molecular complexity index is 1200. The van der Waals surface area contributed by atoms with Crippen LogP contribution in [0.4, 0.5) is 0 Å². The Labute approximate surface area is 210 Å². The Morgan fingerprint density at radius 2 is 1.56 bits per heavy atom.